The lowest BCUT2D eigenvalue weighted by Gasteiger charge is -2.31. The third-order valence-corrected chi connectivity index (χ3v) is 8.20. The molecule has 0 amide bonds. The zero-order valence-corrected chi connectivity index (χ0v) is 22.2. The number of likely N-dealkylation sites (tertiary alicyclic amines) is 1. The van der Waals surface area contributed by atoms with Crippen molar-refractivity contribution in [3.8, 4) is 0 Å². The number of hydrogen-bond acceptors (Lipinski definition) is 7. The normalized spacial score (nSPS) is 19.7. The molecule has 186 valence electrons. The minimum atomic E-state index is 0.260. The fourth-order valence-electron chi connectivity index (χ4n) is 5.67. The number of nitrogens with two attached hydrogens (primary N) is 1. The number of hydrogen-bond donors (Lipinski definition) is 2. The predicted octanol–water partition coefficient (Wildman–Crippen LogP) is 6.13. The van der Waals surface area contributed by atoms with Crippen LogP contribution in [0.15, 0.2) is 40.9 Å². The van der Waals surface area contributed by atoms with E-state index < -0.39 is 0 Å². The van der Waals surface area contributed by atoms with E-state index in [0.29, 0.717) is 24.0 Å². The van der Waals surface area contributed by atoms with Crippen molar-refractivity contribution in [2.45, 2.75) is 70.4 Å². The van der Waals surface area contributed by atoms with Crippen LogP contribution in [0, 0.1) is 0 Å². The smallest absolute Gasteiger partial charge is 0.236 e. The minimum absolute atomic E-state index is 0.260. The highest BCUT2D eigenvalue weighted by Gasteiger charge is 2.28. The molecule has 2 aromatic carbocycles. The van der Waals surface area contributed by atoms with Crippen molar-refractivity contribution in [3.05, 3.63) is 40.9 Å². The van der Waals surface area contributed by atoms with Crippen molar-refractivity contribution in [3.63, 3.8) is 0 Å². The molecule has 0 bridgehead atoms. The number of halogens is 1. The lowest BCUT2D eigenvalue weighted by Crippen LogP contribution is -2.39. The summed E-state index contributed by atoms with van der Waals surface area (Å²) in [6.07, 6.45) is 9.80. The van der Waals surface area contributed by atoms with E-state index in [-0.39, 0.29) is 5.95 Å². The summed E-state index contributed by atoms with van der Waals surface area (Å²) in [5.41, 5.74) is 7.36. The van der Waals surface area contributed by atoms with Crippen LogP contribution in [0.3, 0.4) is 0 Å². The molecule has 2 aliphatic rings. The Morgan fingerprint density at radius 1 is 0.971 bits per heavy atom. The van der Waals surface area contributed by atoms with Gasteiger partial charge in [-0.25, -0.2) is 0 Å². The van der Waals surface area contributed by atoms with Gasteiger partial charge in [0.05, 0.1) is 5.69 Å². The highest BCUT2D eigenvalue weighted by molar-refractivity contribution is 9.10. The minimum Gasteiger partial charge on any atom is -0.368 e. The molecule has 0 radical (unpaired) electrons. The maximum absolute atomic E-state index is 6.26. The summed E-state index contributed by atoms with van der Waals surface area (Å²) in [5.74, 6) is 1.46. The van der Waals surface area contributed by atoms with Gasteiger partial charge in [-0.1, -0.05) is 72.8 Å². The lowest BCUT2D eigenvalue weighted by molar-refractivity contribution is 0.272. The van der Waals surface area contributed by atoms with Gasteiger partial charge in [0.2, 0.25) is 17.8 Å². The summed E-state index contributed by atoms with van der Waals surface area (Å²) >= 11 is 3.73. The molecule has 1 saturated carbocycles. The Kier molecular flexibility index (Phi) is 7.68. The van der Waals surface area contributed by atoms with Gasteiger partial charge in [-0.3, -0.25) is 4.90 Å². The highest BCUT2D eigenvalue weighted by Crippen LogP contribution is 2.36. The molecule has 2 fully saturated rings. The molecule has 1 unspecified atom stereocenters. The second-order valence-corrected chi connectivity index (χ2v) is 10.7. The van der Waals surface area contributed by atoms with E-state index >= 15 is 0 Å². The standard InChI is InChI=1S/C27H36BrN7/c1-2-34-17-9-12-20(34)18-35(24-16-15-23(28)21-13-7-8-14-22(21)24)27-32-25(29)31-26(33-27)30-19-10-5-3-4-6-11-19/h7-8,13-16,19-20H,2-6,9-12,17-18H2,1H3,(H3,29,30,31,32,33). The van der Waals surface area contributed by atoms with Gasteiger partial charge in [0, 0.05) is 28.5 Å². The van der Waals surface area contributed by atoms with E-state index in [4.69, 9.17) is 10.7 Å². The molecule has 3 N–H and O–H groups in total. The topological polar surface area (TPSA) is 83.2 Å². The SMILES string of the molecule is CCN1CCCC1CN(c1nc(N)nc(NC2CCCCCC2)n1)c1ccc(Br)c2ccccc12. The first-order valence-corrected chi connectivity index (χ1v) is 13.9. The third kappa shape index (κ3) is 5.54. The molecular weight excluding hydrogens is 502 g/mol. The van der Waals surface area contributed by atoms with Gasteiger partial charge in [0.15, 0.2) is 0 Å². The van der Waals surface area contributed by atoms with Crippen molar-refractivity contribution < 1.29 is 0 Å². The quantitative estimate of drug-likeness (QED) is 0.351. The molecule has 1 saturated heterocycles. The fraction of sp³-hybridized carbons (Fsp3) is 0.519. The predicted molar refractivity (Wildman–Crippen MR) is 148 cm³/mol. The number of likely N-dealkylation sites (N-methyl/N-ethyl adjacent to an activating group) is 1. The number of rotatable bonds is 7. The molecule has 35 heavy (non-hydrogen) atoms. The Balaban J connectivity index is 1.54. The van der Waals surface area contributed by atoms with E-state index in [1.807, 2.05) is 0 Å². The summed E-state index contributed by atoms with van der Waals surface area (Å²) in [6, 6.07) is 13.6. The first-order valence-electron chi connectivity index (χ1n) is 13.1. The molecule has 2 heterocycles. The molecule has 1 aliphatic heterocycles. The van der Waals surface area contributed by atoms with Gasteiger partial charge in [-0.2, -0.15) is 15.0 Å². The number of benzene rings is 2. The molecule has 1 aliphatic carbocycles. The van der Waals surface area contributed by atoms with Crippen LogP contribution in [0.25, 0.3) is 10.8 Å². The molecule has 0 spiro atoms. The number of nitrogens with zero attached hydrogens (tertiary/aromatic N) is 5. The summed E-state index contributed by atoms with van der Waals surface area (Å²) in [5, 5.41) is 5.92. The van der Waals surface area contributed by atoms with Crippen LogP contribution in [0.4, 0.5) is 23.5 Å². The van der Waals surface area contributed by atoms with Gasteiger partial charge in [-0.15, -0.1) is 0 Å². The van der Waals surface area contributed by atoms with E-state index in [1.54, 1.807) is 0 Å². The van der Waals surface area contributed by atoms with Crippen LogP contribution in [0.5, 0.6) is 0 Å². The highest BCUT2D eigenvalue weighted by atomic mass is 79.9. The molecule has 1 aromatic heterocycles. The van der Waals surface area contributed by atoms with E-state index in [1.165, 1.54) is 49.3 Å². The van der Waals surface area contributed by atoms with E-state index in [9.17, 15) is 0 Å². The van der Waals surface area contributed by atoms with Crippen LogP contribution >= 0.6 is 15.9 Å². The van der Waals surface area contributed by atoms with Crippen LogP contribution in [0.1, 0.15) is 58.3 Å². The van der Waals surface area contributed by atoms with E-state index in [2.05, 4.69) is 84.3 Å². The van der Waals surface area contributed by atoms with Crippen LogP contribution in [-0.4, -0.2) is 51.6 Å². The summed E-state index contributed by atoms with van der Waals surface area (Å²) in [7, 11) is 0. The first-order chi connectivity index (χ1) is 17.1. The summed E-state index contributed by atoms with van der Waals surface area (Å²) in [4.78, 5) is 18.9. The Bertz CT molecular complexity index is 1150. The molecule has 5 rings (SSSR count). The van der Waals surface area contributed by atoms with E-state index in [0.717, 1.165) is 42.6 Å². The van der Waals surface area contributed by atoms with Crippen molar-refractivity contribution in [2.24, 2.45) is 0 Å². The fourth-order valence-corrected chi connectivity index (χ4v) is 6.15. The maximum Gasteiger partial charge on any atom is 0.236 e. The summed E-state index contributed by atoms with van der Waals surface area (Å²) in [6.45, 7) is 5.25. The number of nitrogens with one attached hydrogen (secondary N) is 1. The lowest BCUT2D eigenvalue weighted by atomic mass is 10.1. The van der Waals surface area contributed by atoms with Crippen molar-refractivity contribution in [1.29, 1.82) is 0 Å². The van der Waals surface area contributed by atoms with Crippen LogP contribution in [-0.2, 0) is 0 Å². The average molecular weight is 539 g/mol. The zero-order valence-electron chi connectivity index (χ0n) is 20.6. The van der Waals surface area contributed by atoms with Crippen molar-refractivity contribution in [1.82, 2.24) is 19.9 Å². The molecule has 7 nitrogen and oxygen atoms in total. The van der Waals surface area contributed by atoms with Crippen LogP contribution < -0.4 is 16.0 Å². The van der Waals surface area contributed by atoms with Gasteiger partial charge in [0.1, 0.15) is 0 Å². The molecule has 1 atom stereocenters. The Morgan fingerprint density at radius 2 is 1.74 bits per heavy atom. The summed E-state index contributed by atoms with van der Waals surface area (Å²) < 4.78 is 1.08. The first kappa shape index (κ1) is 24.3. The Morgan fingerprint density at radius 3 is 2.51 bits per heavy atom. The van der Waals surface area contributed by atoms with Gasteiger partial charge in [-0.05, 0) is 56.3 Å². The molecule has 3 aromatic rings. The van der Waals surface area contributed by atoms with Crippen LogP contribution in [0.2, 0.25) is 0 Å². The Labute approximate surface area is 216 Å². The number of fused-ring (bicyclic) bond motifs is 1. The largest absolute Gasteiger partial charge is 0.368 e. The zero-order chi connectivity index (χ0) is 24.2. The number of aromatic nitrogens is 3. The molecule has 8 heteroatoms. The van der Waals surface area contributed by atoms with Crippen molar-refractivity contribution in [2.75, 3.05) is 35.6 Å². The average Bonchev–Trinajstić information content (AvgIpc) is 3.16. The monoisotopic (exact) mass is 537 g/mol. The molecular formula is C27H36BrN7. The maximum atomic E-state index is 6.26. The second-order valence-electron chi connectivity index (χ2n) is 9.80. The second kappa shape index (κ2) is 11.1. The van der Waals surface area contributed by atoms with Gasteiger partial charge < -0.3 is 16.0 Å². The number of nitrogen functional groups attached to an aromatic ring is 1. The number of anilines is 4. The third-order valence-electron chi connectivity index (χ3n) is 7.51. The van der Waals surface area contributed by atoms with Gasteiger partial charge >= 0.3 is 0 Å². The van der Waals surface area contributed by atoms with Crippen molar-refractivity contribution >= 4 is 50.2 Å². The Hall–Kier alpha value is -2.45. The van der Waals surface area contributed by atoms with Gasteiger partial charge in [0.25, 0.3) is 0 Å².